The highest BCUT2D eigenvalue weighted by Gasteiger charge is 2.38. The molecule has 2 heterocycles. The molecule has 2 aliphatic heterocycles. The number of hydrogen-bond donors (Lipinski definition) is 1. The van der Waals surface area contributed by atoms with E-state index in [0.717, 1.165) is 11.3 Å². The zero-order chi connectivity index (χ0) is 25.1. The molecule has 0 spiro atoms. The number of aryl methyl sites for hydroxylation is 1. The fourth-order valence-electron chi connectivity index (χ4n) is 4.66. The van der Waals surface area contributed by atoms with Crippen LogP contribution >= 0.6 is 11.6 Å². The third kappa shape index (κ3) is 5.37. The van der Waals surface area contributed by atoms with Crippen LogP contribution in [0.1, 0.15) is 24.8 Å². The number of carbonyl (C=O) groups excluding carboxylic acids is 3. The van der Waals surface area contributed by atoms with Crippen molar-refractivity contribution in [3.63, 3.8) is 0 Å². The molecular weight excluding hydrogens is 470 g/mol. The standard InChI is InChI=1S/C26H30ClN3O5/c1-16-4-6-19(7-5-16)30-15-18(12-24(30)31)26(33)29-10-8-17(9-11-29)25(32)28-21-14-22(34-2)20(27)13-23(21)35-3/h4-7,13-14,17-18H,8-12,15H2,1-3H3,(H,28,32). The van der Waals surface area contributed by atoms with Crippen molar-refractivity contribution in [2.75, 3.05) is 44.1 Å². The van der Waals surface area contributed by atoms with Crippen LogP contribution in [0.3, 0.4) is 0 Å². The Balaban J connectivity index is 1.33. The van der Waals surface area contributed by atoms with Crippen molar-refractivity contribution in [2.24, 2.45) is 11.8 Å². The van der Waals surface area contributed by atoms with Crippen LogP contribution in [0.2, 0.25) is 5.02 Å². The minimum absolute atomic E-state index is 0.0177. The molecule has 8 nitrogen and oxygen atoms in total. The molecule has 1 N–H and O–H groups in total. The SMILES string of the molecule is COc1cc(NC(=O)C2CCN(C(=O)C3CC(=O)N(c4ccc(C)cc4)C3)CC2)c(OC)cc1Cl. The highest BCUT2D eigenvalue weighted by Crippen LogP contribution is 2.36. The van der Waals surface area contributed by atoms with Gasteiger partial charge in [-0.25, -0.2) is 0 Å². The summed E-state index contributed by atoms with van der Waals surface area (Å²) in [6.07, 6.45) is 1.31. The highest BCUT2D eigenvalue weighted by molar-refractivity contribution is 6.32. The maximum Gasteiger partial charge on any atom is 0.228 e. The number of likely N-dealkylation sites (tertiary alicyclic amines) is 1. The van der Waals surface area contributed by atoms with Gasteiger partial charge in [-0.3, -0.25) is 14.4 Å². The van der Waals surface area contributed by atoms with Gasteiger partial charge in [0.15, 0.2) is 0 Å². The summed E-state index contributed by atoms with van der Waals surface area (Å²) in [7, 11) is 3.01. The summed E-state index contributed by atoms with van der Waals surface area (Å²) in [5.41, 5.74) is 2.42. The fourth-order valence-corrected chi connectivity index (χ4v) is 4.89. The lowest BCUT2D eigenvalue weighted by Crippen LogP contribution is -2.44. The van der Waals surface area contributed by atoms with Gasteiger partial charge in [-0.2, -0.15) is 0 Å². The smallest absolute Gasteiger partial charge is 0.228 e. The van der Waals surface area contributed by atoms with Crippen LogP contribution < -0.4 is 19.7 Å². The first-order valence-electron chi connectivity index (χ1n) is 11.7. The molecule has 3 amide bonds. The van der Waals surface area contributed by atoms with Crippen molar-refractivity contribution in [1.82, 2.24) is 4.90 Å². The molecule has 0 saturated carbocycles. The van der Waals surface area contributed by atoms with Crippen LogP contribution in [-0.4, -0.2) is 56.5 Å². The van der Waals surface area contributed by atoms with Gasteiger partial charge >= 0.3 is 0 Å². The van der Waals surface area contributed by atoms with Gasteiger partial charge in [-0.05, 0) is 31.9 Å². The molecule has 186 valence electrons. The Morgan fingerprint density at radius 2 is 1.66 bits per heavy atom. The number of nitrogens with one attached hydrogen (secondary N) is 1. The number of piperidine rings is 1. The molecule has 2 aromatic carbocycles. The second-order valence-corrected chi connectivity index (χ2v) is 9.42. The largest absolute Gasteiger partial charge is 0.495 e. The van der Waals surface area contributed by atoms with Crippen LogP contribution in [0.4, 0.5) is 11.4 Å². The van der Waals surface area contributed by atoms with Gasteiger partial charge in [0.25, 0.3) is 0 Å². The summed E-state index contributed by atoms with van der Waals surface area (Å²) in [4.78, 5) is 42.1. The summed E-state index contributed by atoms with van der Waals surface area (Å²) in [6.45, 7) is 3.34. The zero-order valence-corrected chi connectivity index (χ0v) is 20.9. The first-order valence-corrected chi connectivity index (χ1v) is 12.1. The van der Waals surface area contributed by atoms with Gasteiger partial charge < -0.3 is 24.6 Å². The van der Waals surface area contributed by atoms with Gasteiger partial charge in [0.1, 0.15) is 11.5 Å². The summed E-state index contributed by atoms with van der Waals surface area (Å²) >= 11 is 6.14. The third-order valence-electron chi connectivity index (χ3n) is 6.73. The predicted molar refractivity (Wildman–Crippen MR) is 134 cm³/mol. The van der Waals surface area contributed by atoms with Gasteiger partial charge in [0.2, 0.25) is 17.7 Å². The van der Waals surface area contributed by atoms with Crippen LogP contribution in [0.25, 0.3) is 0 Å². The van der Waals surface area contributed by atoms with Gasteiger partial charge in [0.05, 0.1) is 30.8 Å². The molecule has 0 aromatic heterocycles. The van der Waals surface area contributed by atoms with E-state index in [1.165, 1.54) is 14.2 Å². The first-order chi connectivity index (χ1) is 16.8. The molecule has 2 saturated heterocycles. The molecule has 1 unspecified atom stereocenters. The molecule has 0 aliphatic carbocycles. The second kappa shape index (κ2) is 10.6. The number of benzene rings is 2. The summed E-state index contributed by atoms with van der Waals surface area (Å²) < 4.78 is 10.6. The van der Waals surface area contributed by atoms with Gasteiger partial charge in [-0.15, -0.1) is 0 Å². The third-order valence-corrected chi connectivity index (χ3v) is 7.02. The van der Waals surface area contributed by atoms with Crippen molar-refractivity contribution < 1.29 is 23.9 Å². The fraction of sp³-hybridized carbons (Fsp3) is 0.423. The maximum absolute atomic E-state index is 13.1. The second-order valence-electron chi connectivity index (χ2n) is 9.02. The average Bonchev–Trinajstić information content (AvgIpc) is 3.26. The van der Waals surface area contributed by atoms with Crippen LogP contribution in [0.5, 0.6) is 11.5 Å². The van der Waals surface area contributed by atoms with Crippen LogP contribution in [0.15, 0.2) is 36.4 Å². The Labute approximate surface area is 210 Å². The zero-order valence-electron chi connectivity index (χ0n) is 20.2. The van der Waals surface area contributed by atoms with E-state index in [1.54, 1.807) is 21.9 Å². The molecule has 0 bridgehead atoms. The Hall–Kier alpha value is -3.26. The van der Waals surface area contributed by atoms with E-state index in [9.17, 15) is 14.4 Å². The van der Waals surface area contributed by atoms with E-state index >= 15 is 0 Å². The molecule has 4 rings (SSSR count). The Morgan fingerprint density at radius 1 is 1.00 bits per heavy atom. The van der Waals surface area contributed by atoms with Crippen molar-refractivity contribution in [2.45, 2.75) is 26.2 Å². The molecule has 35 heavy (non-hydrogen) atoms. The van der Waals surface area contributed by atoms with Crippen molar-refractivity contribution in [1.29, 1.82) is 0 Å². The summed E-state index contributed by atoms with van der Waals surface area (Å²) in [5, 5.41) is 3.30. The average molecular weight is 500 g/mol. The number of rotatable bonds is 6. The quantitative estimate of drug-likeness (QED) is 0.651. The van der Waals surface area contributed by atoms with E-state index in [4.69, 9.17) is 21.1 Å². The number of hydrogen-bond acceptors (Lipinski definition) is 5. The Kier molecular flexibility index (Phi) is 7.50. The number of ether oxygens (including phenoxy) is 2. The van der Waals surface area contributed by atoms with Gasteiger partial charge in [0, 0.05) is 49.8 Å². The Bertz CT molecular complexity index is 1110. The van der Waals surface area contributed by atoms with Gasteiger partial charge in [-0.1, -0.05) is 29.3 Å². The normalized spacial score (nSPS) is 18.5. The molecule has 0 radical (unpaired) electrons. The lowest BCUT2D eigenvalue weighted by atomic mass is 9.94. The van der Waals surface area contributed by atoms with Crippen LogP contribution in [-0.2, 0) is 14.4 Å². The van der Waals surface area contributed by atoms with Crippen molar-refractivity contribution in [3.05, 3.63) is 47.0 Å². The van der Waals surface area contributed by atoms with Crippen molar-refractivity contribution >= 4 is 40.7 Å². The molecule has 1 atom stereocenters. The molecule has 2 aliphatic rings. The maximum atomic E-state index is 13.1. The number of nitrogens with zero attached hydrogens (tertiary/aromatic N) is 2. The number of anilines is 2. The topological polar surface area (TPSA) is 88.2 Å². The molecule has 9 heteroatoms. The first kappa shape index (κ1) is 24.9. The van der Waals surface area contributed by atoms with E-state index in [2.05, 4.69) is 5.32 Å². The molecule has 2 aromatic rings. The summed E-state index contributed by atoms with van der Waals surface area (Å²) in [6, 6.07) is 11.0. The van der Waals surface area contributed by atoms with E-state index in [0.29, 0.717) is 54.7 Å². The summed E-state index contributed by atoms with van der Waals surface area (Å²) in [5.74, 6) is 0.0977. The monoisotopic (exact) mass is 499 g/mol. The minimum Gasteiger partial charge on any atom is -0.495 e. The molecular formula is C26H30ClN3O5. The number of carbonyl (C=O) groups is 3. The van der Waals surface area contributed by atoms with E-state index in [1.807, 2.05) is 31.2 Å². The van der Waals surface area contributed by atoms with Crippen LogP contribution in [0, 0.1) is 18.8 Å². The number of halogens is 1. The molecule has 2 fully saturated rings. The minimum atomic E-state index is -0.361. The van der Waals surface area contributed by atoms with E-state index in [-0.39, 0.29) is 36.0 Å². The van der Waals surface area contributed by atoms with E-state index < -0.39 is 0 Å². The lowest BCUT2D eigenvalue weighted by molar-refractivity contribution is -0.138. The Morgan fingerprint density at radius 3 is 2.29 bits per heavy atom. The number of methoxy groups -OCH3 is 2. The van der Waals surface area contributed by atoms with Crippen molar-refractivity contribution in [3.8, 4) is 11.5 Å². The number of amides is 3. The predicted octanol–water partition coefficient (Wildman–Crippen LogP) is 3.90. The lowest BCUT2D eigenvalue weighted by Gasteiger charge is -2.33. The highest BCUT2D eigenvalue weighted by atomic mass is 35.5.